The molecule has 0 atom stereocenters. The van der Waals surface area contributed by atoms with Crippen molar-refractivity contribution < 1.29 is 17.6 Å². The van der Waals surface area contributed by atoms with Crippen molar-refractivity contribution in [2.45, 2.75) is 17.7 Å². The van der Waals surface area contributed by atoms with Crippen LogP contribution >= 0.6 is 11.6 Å². The molecule has 0 unspecified atom stereocenters. The topological polar surface area (TPSA) is 66.5 Å². The van der Waals surface area contributed by atoms with E-state index in [-0.39, 0.29) is 10.6 Å². The van der Waals surface area contributed by atoms with E-state index in [1.807, 2.05) is 24.3 Å². The highest BCUT2D eigenvalue weighted by molar-refractivity contribution is 7.92. The molecule has 0 aliphatic heterocycles. The van der Waals surface area contributed by atoms with Crippen LogP contribution in [0.4, 0.5) is 10.1 Å². The Labute approximate surface area is 186 Å². The lowest BCUT2D eigenvalue weighted by Crippen LogP contribution is -2.41. The molecular weight excluding hydrogens is 439 g/mol. The van der Waals surface area contributed by atoms with Gasteiger partial charge in [0.25, 0.3) is 10.0 Å². The quantitative estimate of drug-likeness (QED) is 0.480. The first-order valence-electron chi connectivity index (χ1n) is 9.71. The number of nitrogens with one attached hydrogen (secondary N) is 1. The van der Waals surface area contributed by atoms with E-state index >= 15 is 0 Å². The Kier molecular flexibility index (Phi) is 7.65. The average Bonchev–Trinajstić information content (AvgIpc) is 2.77. The fourth-order valence-corrected chi connectivity index (χ4v) is 4.71. The molecule has 3 aromatic rings. The number of rotatable bonds is 9. The predicted molar refractivity (Wildman–Crippen MR) is 120 cm³/mol. The van der Waals surface area contributed by atoms with Gasteiger partial charge in [0, 0.05) is 11.6 Å². The third-order valence-corrected chi connectivity index (χ3v) is 6.79. The number of hydrogen-bond donors (Lipinski definition) is 1. The van der Waals surface area contributed by atoms with Crippen LogP contribution in [-0.4, -0.2) is 27.4 Å². The highest BCUT2D eigenvalue weighted by Gasteiger charge is 2.27. The fraction of sp³-hybridized carbons (Fsp3) is 0.174. The van der Waals surface area contributed by atoms with Gasteiger partial charge in [0.05, 0.1) is 10.6 Å². The van der Waals surface area contributed by atoms with Gasteiger partial charge in [0.15, 0.2) is 0 Å². The van der Waals surface area contributed by atoms with Gasteiger partial charge < -0.3 is 5.32 Å². The highest BCUT2D eigenvalue weighted by atomic mass is 35.5. The summed E-state index contributed by atoms with van der Waals surface area (Å²) in [5, 5.41) is 3.42. The van der Waals surface area contributed by atoms with Crippen LogP contribution in [-0.2, 0) is 21.2 Å². The van der Waals surface area contributed by atoms with Crippen molar-refractivity contribution in [1.29, 1.82) is 0 Å². The average molecular weight is 461 g/mol. The van der Waals surface area contributed by atoms with E-state index < -0.39 is 28.3 Å². The zero-order valence-electron chi connectivity index (χ0n) is 16.7. The van der Waals surface area contributed by atoms with Crippen molar-refractivity contribution in [2.75, 3.05) is 17.4 Å². The van der Waals surface area contributed by atoms with Crippen molar-refractivity contribution >= 4 is 33.2 Å². The molecule has 0 aromatic heterocycles. The Hall–Kier alpha value is -2.90. The van der Waals surface area contributed by atoms with E-state index in [1.165, 1.54) is 24.3 Å². The van der Waals surface area contributed by atoms with Crippen molar-refractivity contribution in [3.05, 3.63) is 95.3 Å². The number of anilines is 1. The number of sulfonamides is 1. The maximum atomic E-state index is 13.3. The molecule has 1 amide bonds. The summed E-state index contributed by atoms with van der Waals surface area (Å²) in [6.45, 7) is -0.0539. The summed E-state index contributed by atoms with van der Waals surface area (Å²) in [5.41, 5.74) is 1.19. The number of nitrogens with zero attached hydrogens (tertiary/aromatic N) is 1. The van der Waals surface area contributed by atoms with Gasteiger partial charge in [0.2, 0.25) is 5.91 Å². The van der Waals surface area contributed by atoms with E-state index in [0.717, 1.165) is 22.0 Å². The Morgan fingerprint density at radius 3 is 2.26 bits per heavy atom. The van der Waals surface area contributed by atoms with Crippen LogP contribution in [0.1, 0.15) is 12.0 Å². The second-order valence-electron chi connectivity index (χ2n) is 6.85. The summed E-state index contributed by atoms with van der Waals surface area (Å²) < 4.78 is 40.6. The zero-order chi connectivity index (χ0) is 22.3. The molecule has 0 radical (unpaired) electrons. The lowest BCUT2D eigenvalue weighted by Gasteiger charge is -2.24. The second kappa shape index (κ2) is 10.4. The maximum absolute atomic E-state index is 13.3. The minimum atomic E-state index is -4.01. The molecular formula is C23H22ClFN2O3S. The number of halogens is 2. The van der Waals surface area contributed by atoms with Gasteiger partial charge in [-0.15, -0.1) is 0 Å². The normalized spacial score (nSPS) is 11.2. The summed E-state index contributed by atoms with van der Waals surface area (Å²) >= 11 is 6.13. The minimum absolute atomic E-state index is 0.0471. The molecule has 31 heavy (non-hydrogen) atoms. The highest BCUT2D eigenvalue weighted by Crippen LogP contribution is 2.23. The molecule has 0 aliphatic carbocycles. The van der Waals surface area contributed by atoms with Gasteiger partial charge in [0.1, 0.15) is 12.4 Å². The van der Waals surface area contributed by atoms with E-state index in [1.54, 1.807) is 18.2 Å². The Balaban J connectivity index is 1.69. The maximum Gasteiger partial charge on any atom is 0.264 e. The Morgan fingerprint density at radius 1 is 0.935 bits per heavy atom. The SMILES string of the molecule is O=C(CN(c1ccc(F)cc1)S(=O)(=O)c1ccccc1)NCCCc1ccccc1Cl. The van der Waals surface area contributed by atoms with Crippen molar-refractivity contribution in [2.24, 2.45) is 0 Å². The van der Waals surface area contributed by atoms with E-state index in [2.05, 4.69) is 5.32 Å². The third kappa shape index (κ3) is 6.06. The number of carbonyl (C=O) groups excluding carboxylic acids is 1. The number of hydrogen-bond acceptors (Lipinski definition) is 3. The minimum Gasteiger partial charge on any atom is -0.355 e. The molecule has 0 aliphatic rings. The molecule has 0 saturated carbocycles. The summed E-state index contributed by atoms with van der Waals surface area (Å²) in [6.07, 6.45) is 1.33. The van der Waals surface area contributed by atoms with Crippen LogP contribution in [0.25, 0.3) is 0 Å². The number of carbonyl (C=O) groups is 1. The molecule has 0 fully saturated rings. The number of benzene rings is 3. The van der Waals surface area contributed by atoms with Gasteiger partial charge in [-0.2, -0.15) is 0 Å². The van der Waals surface area contributed by atoms with Crippen LogP contribution < -0.4 is 9.62 Å². The van der Waals surface area contributed by atoms with Gasteiger partial charge in [-0.1, -0.05) is 48.0 Å². The van der Waals surface area contributed by atoms with E-state index in [4.69, 9.17) is 11.6 Å². The Bertz CT molecular complexity index is 1120. The molecule has 0 bridgehead atoms. The van der Waals surface area contributed by atoms with Gasteiger partial charge in [-0.05, 0) is 60.9 Å². The fourth-order valence-electron chi connectivity index (χ4n) is 3.04. The first-order chi connectivity index (χ1) is 14.9. The van der Waals surface area contributed by atoms with Crippen molar-refractivity contribution in [3.63, 3.8) is 0 Å². The van der Waals surface area contributed by atoms with Gasteiger partial charge in [-0.3, -0.25) is 9.10 Å². The first kappa shape index (κ1) is 22.8. The molecule has 1 N–H and O–H groups in total. The van der Waals surface area contributed by atoms with Crippen LogP contribution in [0, 0.1) is 5.82 Å². The lowest BCUT2D eigenvalue weighted by molar-refractivity contribution is -0.119. The number of amides is 1. The molecule has 5 nitrogen and oxygen atoms in total. The molecule has 162 valence electrons. The van der Waals surface area contributed by atoms with Crippen LogP contribution in [0.5, 0.6) is 0 Å². The monoisotopic (exact) mass is 460 g/mol. The van der Waals surface area contributed by atoms with Gasteiger partial charge >= 0.3 is 0 Å². The van der Waals surface area contributed by atoms with Gasteiger partial charge in [-0.25, -0.2) is 12.8 Å². The van der Waals surface area contributed by atoms with E-state index in [9.17, 15) is 17.6 Å². The summed E-state index contributed by atoms with van der Waals surface area (Å²) in [7, 11) is -4.01. The zero-order valence-corrected chi connectivity index (χ0v) is 18.2. The molecule has 3 rings (SSSR count). The largest absolute Gasteiger partial charge is 0.355 e. The van der Waals surface area contributed by atoms with E-state index in [0.29, 0.717) is 24.4 Å². The third-order valence-electron chi connectivity index (χ3n) is 4.64. The lowest BCUT2D eigenvalue weighted by atomic mass is 10.1. The first-order valence-corrected chi connectivity index (χ1v) is 11.5. The van der Waals surface area contributed by atoms with Crippen molar-refractivity contribution in [1.82, 2.24) is 5.32 Å². The molecule has 0 spiro atoms. The van der Waals surface area contributed by atoms with Crippen LogP contribution in [0.3, 0.4) is 0 Å². The Morgan fingerprint density at radius 2 is 1.58 bits per heavy atom. The second-order valence-corrected chi connectivity index (χ2v) is 9.12. The smallest absolute Gasteiger partial charge is 0.264 e. The molecule has 0 heterocycles. The molecule has 3 aromatic carbocycles. The van der Waals surface area contributed by atoms with Crippen molar-refractivity contribution in [3.8, 4) is 0 Å². The summed E-state index contributed by atoms with van der Waals surface area (Å²) in [5.74, 6) is -0.951. The molecule has 8 heteroatoms. The predicted octanol–water partition coefficient (Wildman–Crippen LogP) is 4.42. The summed E-state index contributed by atoms with van der Waals surface area (Å²) in [4.78, 5) is 12.6. The standard InChI is InChI=1S/C23H22ClFN2O3S/c24-22-11-5-4-7-18(22)8-6-16-26-23(28)17-27(20-14-12-19(25)13-15-20)31(29,30)21-9-2-1-3-10-21/h1-5,7,9-15H,6,8,16-17H2,(H,26,28). The number of aryl methyl sites for hydroxylation is 1. The molecule has 0 saturated heterocycles. The summed E-state index contributed by atoms with van der Waals surface area (Å²) in [6, 6.07) is 20.3. The van der Waals surface area contributed by atoms with Crippen LogP contribution in [0.15, 0.2) is 83.8 Å². The van der Waals surface area contributed by atoms with Crippen LogP contribution in [0.2, 0.25) is 5.02 Å².